The molecule has 3 N–H and O–H groups in total. The minimum atomic E-state index is -1.28. The fourth-order valence-electron chi connectivity index (χ4n) is 9.65. The first-order chi connectivity index (χ1) is 23.3. The second-order valence-electron chi connectivity index (χ2n) is 15.1. The summed E-state index contributed by atoms with van der Waals surface area (Å²) in [4.78, 5) is 57.1. The van der Waals surface area contributed by atoms with Gasteiger partial charge in [-0.25, -0.2) is 14.6 Å². The number of anilines is 2. The summed E-state index contributed by atoms with van der Waals surface area (Å²) in [6.07, 6.45) is 13.6. The molecule has 11 nitrogen and oxygen atoms in total. The number of aliphatic carboxylic acids is 2. The average molecular weight is 675 g/mol. The van der Waals surface area contributed by atoms with Crippen molar-refractivity contribution in [1.29, 1.82) is 0 Å². The molecule has 0 bridgehead atoms. The predicted molar refractivity (Wildman–Crippen MR) is 185 cm³/mol. The van der Waals surface area contributed by atoms with Crippen LogP contribution in [0.4, 0.5) is 11.6 Å². The number of Topliss-reactive ketones (excluding diaryl/α,β-unsaturated/α-hetero) is 1. The Balaban J connectivity index is 0.000000466. The molecule has 0 spiro atoms. The van der Waals surface area contributed by atoms with E-state index in [1.165, 1.54) is 24.0 Å². The van der Waals surface area contributed by atoms with E-state index in [1.54, 1.807) is 0 Å². The Labute approximate surface area is 288 Å². The van der Waals surface area contributed by atoms with Crippen molar-refractivity contribution in [3.8, 4) is 0 Å². The van der Waals surface area contributed by atoms with Crippen LogP contribution >= 0.6 is 0 Å². The summed E-state index contributed by atoms with van der Waals surface area (Å²) >= 11 is 0. The maximum atomic E-state index is 13.9. The second-order valence-corrected chi connectivity index (χ2v) is 15.1. The molecule has 2 saturated carbocycles. The Morgan fingerprint density at radius 1 is 0.898 bits per heavy atom. The van der Waals surface area contributed by atoms with Gasteiger partial charge in [-0.05, 0) is 81.4 Å². The number of carboxylic acids is 2. The van der Waals surface area contributed by atoms with Crippen LogP contribution in [0.2, 0.25) is 0 Å². The monoisotopic (exact) mass is 674 g/mol. The van der Waals surface area contributed by atoms with E-state index in [-0.39, 0.29) is 17.0 Å². The van der Waals surface area contributed by atoms with E-state index in [1.807, 2.05) is 6.08 Å². The van der Waals surface area contributed by atoms with E-state index in [4.69, 9.17) is 15.2 Å². The highest BCUT2D eigenvalue weighted by Crippen LogP contribution is 2.65. The van der Waals surface area contributed by atoms with Crippen LogP contribution in [0, 0.1) is 22.7 Å². The molecule has 264 valence electrons. The zero-order valence-corrected chi connectivity index (χ0v) is 28.8. The Morgan fingerprint density at radius 3 is 2.16 bits per heavy atom. The molecule has 6 aliphatic rings. The molecular weight excluding hydrogens is 624 g/mol. The summed E-state index contributed by atoms with van der Waals surface area (Å²) in [5.41, 5.74) is 1.07. The number of ketones is 2. The topological polar surface area (TPSA) is 152 Å². The minimum absolute atomic E-state index is 0.00725. The number of pyridine rings is 1. The van der Waals surface area contributed by atoms with Crippen LogP contribution in [0.15, 0.2) is 53.6 Å². The van der Waals surface area contributed by atoms with Crippen LogP contribution in [0.5, 0.6) is 0 Å². The first kappa shape index (κ1) is 35.0. The van der Waals surface area contributed by atoms with Crippen molar-refractivity contribution in [3.63, 3.8) is 0 Å². The van der Waals surface area contributed by atoms with Gasteiger partial charge in [-0.2, -0.15) is 0 Å². The van der Waals surface area contributed by atoms with Gasteiger partial charge in [0.05, 0.1) is 6.54 Å². The molecule has 0 radical (unpaired) electrons. The van der Waals surface area contributed by atoms with Gasteiger partial charge in [0.2, 0.25) is 0 Å². The summed E-state index contributed by atoms with van der Waals surface area (Å²) < 4.78 is 0. The summed E-state index contributed by atoms with van der Waals surface area (Å²) in [6, 6.07) is 6.33. The molecule has 5 atom stereocenters. The highest BCUT2D eigenvalue weighted by Gasteiger charge is 2.64. The Morgan fingerprint density at radius 2 is 1.53 bits per heavy atom. The maximum absolute atomic E-state index is 13.9. The number of carbonyl (C=O) groups is 4. The van der Waals surface area contributed by atoms with Gasteiger partial charge in [0.1, 0.15) is 17.2 Å². The molecule has 7 rings (SSSR count). The molecule has 0 aromatic carbocycles. The number of hydrogen-bond acceptors (Lipinski definition) is 9. The van der Waals surface area contributed by atoms with E-state index in [0.29, 0.717) is 43.4 Å². The molecule has 2 unspecified atom stereocenters. The van der Waals surface area contributed by atoms with Gasteiger partial charge in [-0.15, -0.1) is 0 Å². The molecule has 1 aromatic rings. The van der Waals surface area contributed by atoms with Gasteiger partial charge in [-0.3, -0.25) is 14.5 Å². The third-order valence-corrected chi connectivity index (χ3v) is 12.5. The van der Waals surface area contributed by atoms with Crippen LogP contribution in [0.25, 0.3) is 0 Å². The van der Waals surface area contributed by atoms with Crippen molar-refractivity contribution in [2.24, 2.45) is 22.7 Å². The van der Waals surface area contributed by atoms with E-state index in [2.05, 4.69) is 52.8 Å². The molecule has 0 amide bonds. The summed E-state index contributed by atoms with van der Waals surface area (Å²) in [5, 5.41) is 27.8. The number of piperazine rings is 1. The molecular formula is C38H50N4O7. The number of hydrogen-bond donors (Lipinski definition) is 3. The smallest absolute Gasteiger partial charge is 0.328 e. The number of nitrogens with zero attached hydrogens (tertiary/aromatic N) is 4. The second kappa shape index (κ2) is 13.8. The van der Waals surface area contributed by atoms with Crippen LogP contribution in [0.1, 0.15) is 71.6 Å². The zero-order chi connectivity index (χ0) is 35.0. The highest BCUT2D eigenvalue weighted by atomic mass is 16.4. The van der Waals surface area contributed by atoms with Crippen molar-refractivity contribution in [1.82, 2.24) is 9.88 Å². The van der Waals surface area contributed by atoms with E-state index < -0.39 is 23.0 Å². The molecule has 4 fully saturated rings. The van der Waals surface area contributed by atoms with Gasteiger partial charge < -0.3 is 25.1 Å². The van der Waals surface area contributed by atoms with Gasteiger partial charge in [-0.1, -0.05) is 37.1 Å². The van der Waals surface area contributed by atoms with Crippen LogP contribution in [-0.2, 0) is 19.2 Å². The molecule has 2 aliphatic heterocycles. The minimum Gasteiger partial charge on any atom is -0.478 e. The third kappa shape index (κ3) is 6.71. The Hall–Kier alpha value is -3.83. The van der Waals surface area contributed by atoms with Crippen molar-refractivity contribution in [2.45, 2.75) is 77.2 Å². The number of rotatable bonds is 7. The first-order valence-corrected chi connectivity index (χ1v) is 17.9. The largest absolute Gasteiger partial charge is 0.478 e. The molecule has 3 heterocycles. The van der Waals surface area contributed by atoms with E-state index >= 15 is 0 Å². The molecule has 49 heavy (non-hydrogen) atoms. The zero-order valence-electron chi connectivity index (χ0n) is 28.8. The summed E-state index contributed by atoms with van der Waals surface area (Å²) in [5.74, 6) is 0.580. The predicted octanol–water partition coefficient (Wildman–Crippen LogP) is 4.27. The summed E-state index contributed by atoms with van der Waals surface area (Å²) in [6.45, 7) is 10.3. The molecule has 2 saturated heterocycles. The molecule has 11 heteroatoms. The van der Waals surface area contributed by atoms with Crippen molar-refractivity contribution in [3.05, 3.63) is 53.6 Å². The van der Waals surface area contributed by atoms with Crippen LogP contribution < -0.4 is 9.80 Å². The normalized spacial score (nSPS) is 32.8. The lowest BCUT2D eigenvalue weighted by atomic mass is 9.50. The van der Waals surface area contributed by atoms with Gasteiger partial charge >= 0.3 is 11.9 Å². The number of allylic oxidation sites excluding steroid dienone is 4. The van der Waals surface area contributed by atoms with Crippen LogP contribution in [-0.4, -0.2) is 100 Å². The average Bonchev–Trinajstić information content (AvgIpc) is 3.72. The lowest BCUT2D eigenvalue weighted by Gasteiger charge is -2.54. The highest BCUT2D eigenvalue weighted by molar-refractivity contribution is 5.92. The fourth-order valence-corrected chi connectivity index (χ4v) is 9.65. The Bertz CT molecular complexity index is 1560. The molecule has 4 aliphatic carbocycles. The summed E-state index contributed by atoms with van der Waals surface area (Å²) in [7, 11) is 0. The number of fused-ring (bicyclic) bond motifs is 5. The lowest BCUT2D eigenvalue weighted by molar-refractivity contribution is -0.154. The van der Waals surface area contributed by atoms with E-state index in [9.17, 15) is 24.3 Å². The lowest BCUT2D eigenvalue weighted by Crippen LogP contribution is -2.58. The van der Waals surface area contributed by atoms with Gasteiger partial charge in [0.25, 0.3) is 0 Å². The first-order valence-electron chi connectivity index (χ1n) is 17.9. The van der Waals surface area contributed by atoms with Crippen molar-refractivity contribution >= 4 is 35.1 Å². The van der Waals surface area contributed by atoms with Gasteiger partial charge in [0.15, 0.2) is 11.6 Å². The number of aromatic nitrogens is 1. The standard InChI is InChI=1S/C34H46N4O3.C4H4O4/c1-32-13-10-25(39)22-24(32)8-9-26-27(32)11-14-33(2)28(26)12-15-34(33,41)29(40)23-36-18-20-38(21-19-36)31-7-5-6-30(35-31)37-16-3-4-17-37;5-3(6)1-2-4(7)8/h5-7,11,22,26,28,41H,3-4,8-10,12-21,23H2,1-2H3;1-2H,(H,5,6)(H,7,8)/b;2-1+/t26?,28?,32-,33-,34-;/m0./s1. The maximum Gasteiger partial charge on any atom is 0.328 e. The Kier molecular flexibility index (Phi) is 9.88. The van der Waals surface area contributed by atoms with Gasteiger partial charge in [0, 0.05) is 68.7 Å². The van der Waals surface area contributed by atoms with Crippen molar-refractivity contribution in [2.75, 3.05) is 55.6 Å². The number of aliphatic hydroxyl groups is 1. The SMILES string of the molecule is C[C@]12CCC(=O)C=C1CCC1C2=CC[C@@]2(C)C1CC[C@]2(O)C(=O)CN1CCN(c2cccc(N3CCCC3)n2)CC1.O=C(O)/C=C/C(=O)O. The third-order valence-electron chi connectivity index (χ3n) is 12.5. The quantitative estimate of drug-likeness (QED) is 0.281. The number of carbonyl (C=O) groups excluding carboxylic acids is 2. The molecule has 1 aromatic heterocycles. The number of carboxylic acid groups (broad SMARTS) is 2. The van der Waals surface area contributed by atoms with E-state index in [0.717, 1.165) is 83.0 Å². The van der Waals surface area contributed by atoms with Crippen molar-refractivity contribution < 1.29 is 34.5 Å². The fraction of sp³-hybridized carbons (Fsp3) is 0.605. The van der Waals surface area contributed by atoms with Crippen LogP contribution in [0.3, 0.4) is 0 Å².